The third-order valence-electron chi connectivity index (χ3n) is 3.41. The number of methoxy groups -OCH3 is 1. The zero-order chi connectivity index (χ0) is 16.9. The summed E-state index contributed by atoms with van der Waals surface area (Å²) >= 11 is 0. The van der Waals surface area contributed by atoms with Gasteiger partial charge in [0.1, 0.15) is 0 Å². The second-order valence-electron chi connectivity index (χ2n) is 4.97. The van der Waals surface area contributed by atoms with Crippen molar-refractivity contribution in [3.8, 4) is 11.3 Å². The van der Waals surface area contributed by atoms with E-state index in [1.54, 1.807) is 36.5 Å². The quantitative estimate of drug-likeness (QED) is 0.745. The molecule has 0 unspecified atom stereocenters. The molecule has 3 rings (SSSR count). The highest BCUT2D eigenvalue weighted by Gasteiger charge is 2.11. The highest BCUT2D eigenvalue weighted by Crippen LogP contribution is 2.21. The average Bonchev–Trinajstić information content (AvgIpc) is 3.16. The zero-order valence-corrected chi connectivity index (χ0v) is 12.9. The van der Waals surface area contributed by atoms with Crippen molar-refractivity contribution in [2.45, 2.75) is 0 Å². The Bertz CT molecular complexity index is 855. The second-order valence-corrected chi connectivity index (χ2v) is 4.97. The maximum absolute atomic E-state index is 12.3. The van der Waals surface area contributed by atoms with Crippen LogP contribution in [0.5, 0.6) is 0 Å². The van der Waals surface area contributed by atoms with Gasteiger partial charge in [-0.3, -0.25) is 4.79 Å². The number of aromatic nitrogens is 1. The van der Waals surface area contributed by atoms with Crippen molar-refractivity contribution in [2.75, 3.05) is 12.4 Å². The lowest BCUT2D eigenvalue weighted by Gasteiger charge is -2.07. The minimum Gasteiger partial charge on any atom is -0.465 e. The van der Waals surface area contributed by atoms with Gasteiger partial charge in [-0.2, -0.15) is 0 Å². The first-order valence-electron chi connectivity index (χ1n) is 7.16. The molecule has 0 atom stereocenters. The molecule has 2 aromatic carbocycles. The van der Waals surface area contributed by atoms with Gasteiger partial charge in [-0.05, 0) is 42.5 Å². The van der Waals surface area contributed by atoms with Crippen LogP contribution in [0.4, 0.5) is 5.69 Å². The molecule has 3 aromatic rings. The van der Waals surface area contributed by atoms with E-state index in [1.165, 1.54) is 19.6 Å². The number of carbonyl (C=O) groups is 2. The molecule has 0 aliphatic heterocycles. The number of oxazole rings is 1. The number of benzene rings is 2. The van der Waals surface area contributed by atoms with E-state index >= 15 is 0 Å². The van der Waals surface area contributed by atoms with Crippen LogP contribution in [-0.2, 0) is 4.74 Å². The SMILES string of the molecule is COC(=O)c1cccc(C(=O)Nc2ccc(-c3cnco3)cc2)c1. The van der Waals surface area contributed by atoms with Crippen LogP contribution in [0.15, 0.2) is 65.5 Å². The fourth-order valence-electron chi connectivity index (χ4n) is 2.18. The number of hydrogen-bond donors (Lipinski definition) is 1. The first-order valence-corrected chi connectivity index (χ1v) is 7.16. The minimum atomic E-state index is -0.485. The van der Waals surface area contributed by atoms with Crippen LogP contribution >= 0.6 is 0 Å². The molecule has 0 saturated heterocycles. The van der Waals surface area contributed by atoms with E-state index in [0.29, 0.717) is 22.6 Å². The largest absolute Gasteiger partial charge is 0.465 e. The van der Waals surface area contributed by atoms with Crippen molar-refractivity contribution < 1.29 is 18.7 Å². The standard InChI is InChI=1S/C18H14N2O4/c1-23-18(22)14-4-2-3-13(9-14)17(21)20-15-7-5-12(6-8-15)16-10-19-11-24-16/h2-11H,1H3,(H,20,21). The van der Waals surface area contributed by atoms with E-state index in [2.05, 4.69) is 15.0 Å². The van der Waals surface area contributed by atoms with Gasteiger partial charge in [0.25, 0.3) is 5.91 Å². The number of esters is 1. The number of nitrogens with zero attached hydrogens (tertiary/aromatic N) is 1. The van der Waals surface area contributed by atoms with Crippen molar-refractivity contribution in [3.05, 3.63) is 72.2 Å². The van der Waals surface area contributed by atoms with E-state index in [1.807, 2.05) is 12.1 Å². The highest BCUT2D eigenvalue weighted by molar-refractivity contribution is 6.05. The Morgan fingerprint density at radius 3 is 2.50 bits per heavy atom. The summed E-state index contributed by atoms with van der Waals surface area (Å²) in [6.07, 6.45) is 2.98. The molecule has 0 radical (unpaired) electrons. The summed E-state index contributed by atoms with van der Waals surface area (Å²) < 4.78 is 9.87. The molecule has 1 N–H and O–H groups in total. The van der Waals surface area contributed by atoms with Crippen LogP contribution in [0, 0.1) is 0 Å². The molecule has 6 heteroatoms. The lowest BCUT2D eigenvalue weighted by molar-refractivity contribution is 0.0600. The Kier molecular flexibility index (Phi) is 4.38. The molecule has 1 heterocycles. The van der Waals surface area contributed by atoms with Crippen molar-refractivity contribution in [1.29, 1.82) is 0 Å². The summed E-state index contributed by atoms with van der Waals surface area (Å²) in [4.78, 5) is 27.7. The van der Waals surface area contributed by atoms with Gasteiger partial charge in [0.15, 0.2) is 12.2 Å². The normalized spacial score (nSPS) is 10.2. The summed E-state index contributed by atoms with van der Waals surface area (Å²) in [5, 5.41) is 2.78. The lowest BCUT2D eigenvalue weighted by atomic mass is 10.1. The molecule has 0 aliphatic carbocycles. The molecule has 0 aliphatic rings. The predicted molar refractivity (Wildman–Crippen MR) is 87.7 cm³/mol. The predicted octanol–water partition coefficient (Wildman–Crippen LogP) is 3.38. The number of carbonyl (C=O) groups excluding carboxylic acids is 2. The molecule has 0 bridgehead atoms. The van der Waals surface area contributed by atoms with Crippen LogP contribution in [0.25, 0.3) is 11.3 Å². The molecule has 0 spiro atoms. The number of amides is 1. The zero-order valence-electron chi connectivity index (χ0n) is 12.9. The van der Waals surface area contributed by atoms with Gasteiger partial charge in [0.2, 0.25) is 0 Å². The molecule has 0 fully saturated rings. The van der Waals surface area contributed by atoms with Crippen LogP contribution in [-0.4, -0.2) is 24.0 Å². The maximum atomic E-state index is 12.3. The topological polar surface area (TPSA) is 81.4 Å². The van der Waals surface area contributed by atoms with Crippen LogP contribution in [0.2, 0.25) is 0 Å². The van der Waals surface area contributed by atoms with E-state index in [0.717, 1.165) is 5.56 Å². The molecule has 0 saturated carbocycles. The van der Waals surface area contributed by atoms with Gasteiger partial charge in [-0.25, -0.2) is 9.78 Å². The van der Waals surface area contributed by atoms with E-state index in [9.17, 15) is 9.59 Å². The Morgan fingerprint density at radius 2 is 1.83 bits per heavy atom. The van der Waals surface area contributed by atoms with Gasteiger partial charge in [-0.1, -0.05) is 6.07 Å². The van der Waals surface area contributed by atoms with Crippen molar-refractivity contribution in [3.63, 3.8) is 0 Å². The first-order chi connectivity index (χ1) is 11.7. The number of anilines is 1. The third-order valence-corrected chi connectivity index (χ3v) is 3.41. The fraction of sp³-hybridized carbons (Fsp3) is 0.0556. The Morgan fingerprint density at radius 1 is 1.08 bits per heavy atom. The van der Waals surface area contributed by atoms with Crippen LogP contribution in [0.3, 0.4) is 0 Å². The first kappa shape index (κ1) is 15.5. The monoisotopic (exact) mass is 322 g/mol. The number of hydrogen-bond acceptors (Lipinski definition) is 5. The lowest BCUT2D eigenvalue weighted by Crippen LogP contribution is -2.13. The molecular formula is C18H14N2O4. The van der Waals surface area contributed by atoms with Gasteiger partial charge >= 0.3 is 5.97 Å². The molecular weight excluding hydrogens is 308 g/mol. The third kappa shape index (κ3) is 3.33. The fourth-order valence-corrected chi connectivity index (χ4v) is 2.18. The Balaban J connectivity index is 1.74. The number of rotatable bonds is 4. The molecule has 24 heavy (non-hydrogen) atoms. The van der Waals surface area contributed by atoms with Crippen molar-refractivity contribution in [2.24, 2.45) is 0 Å². The van der Waals surface area contributed by atoms with Crippen LogP contribution < -0.4 is 5.32 Å². The molecule has 6 nitrogen and oxygen atoms in total. The molecule has 1 amide bonds. The minimum absolute atomic E-state index is 0.312. The molecule has 1 aromatic heterocycles. The van der Waals surface area contributed by atoms with E-state index in [-0.39, 0.29) is 5.91 Å². The van der Waals surface area contributed by atoms with E-state index in [4.69, 9.17) is 4.42 Å². The highest BCUT2D eigenvalue weighted by atomic mass is 16.5. The maximum Gasteiger partial charge on any atom is 0.337 e. The van der Waals surface area contributed by atoms with Crippen LogP contribution in [0.1, 0.15) is 20.7 Å². The van der Waals surface area contributed by atoms with Gasteiger partial charge in [0, 0.05) is 16.8 Å². The smallest absolute Gasteiger partial charge is 0.337 e. The summed E-state index contributed by atoms with van der Waals surface area (Å²) in [6, 6.07) is 13.5. The van der Waals surface area contributed by atoms with Crippen molar-refractivity contribution >= 4 is 17.6 Å². The van der Waals surface area contributed by atoms with Gasteiger partial charge in [0.05, 0.1) is 18.9 Å². The number of nitrogens with one attached hydrogen (secondary N) is 1. The molecule has 120 valence electrons. The average molecular weight is 322 g/mol. The van der Waals surface area contributed by atoms with Gasteiger partial charge < -0.3 is 14.5 Å². The van der Waals surface area contributed by atoms with Gasteiger partial charge in [-0.15, -0.1) is 0 Å². The second kappa shape index (κ2) is 6.78. The summed E-state index contributed by atoms with van der Waals surface area (Å²) in [6.45, 7) is 0. The number of ether oxygens (including phenoxy) is 1. The van der Waals surface area contributed by atoms with Crippen molar-refractivity contribution in [1.82, 2.24) is 4.98 Å². The summed E-state index contributed by atoms with van der Waals surface area (Å²) in [7, 11) is 1.30. The summed E-state index contributed by atoms with van der Waals surface area (Å²) in [5.41, 5.74) is 2.19. The Labute approximate surface area is 138 Å². The summed E-state index contributed by atoms with van der Waals surface area (Å²) in [5.74, 6) is -0.145. The Hall–Kier alpha value is -3.41. The van der Waals surface area contributed by atoms with E-state index < -0.39 is 5.97 Å².